The van der Waals surface area contributed by atoms with Gasteiger partial charge < -0.3 is 14.7 Å². The molecule has 1 saturated heterocycles. The molecule has 0 aromatic heterocycles. The second kappa shape index (κ2) is 5.83. The Morgan fingerprint density at radius 2 is 2.00 bits per heavy atom. The summed E-state index contributed by atoms with van der Waals surface area (Å²) in [6.07, 6.45) is 0.440. The first-order valence-corrected chi connectivity index (χ1v) is 7.08. The minimum Gasteiger partial charge on any atom is -0.444 e. The summed E-state index contributed by atoms with van der Waals surface area (Å²) in [4.78, 5) is 13.9. The van der Waals surface area contributed by atoms with Gasteiger partial charge in [0.15, 0.2) is 0 Å². The molecule has 0 spiro atoms. The zero-order valence-corrected chi connectivity index (χ0v) is 12.4. The van der Waals surface area contributed by atoms with Gasteiger partial charge in [0.25, 0.3) is 0 Å². The lowest BCUT2D eigenvalue weighted by atomic mass is 10.0. The quantitative estimate of drug-likeness (QED) is 0.904. The Hall–Kier alpha value is -1.55. The molecule has 110 valence electrons. The van der Waals surface area contributed by atoms with Gasteiger partial charge in [0.1, 0.15) is 5.60 Å². The minimum absolute atomic E-state index is 0.202. The third kappa shape index (κ3) is 3.73. The number of nitrogens with zero attached hydrogens (tertiary/aromatic N) is 1. The molecule has 1 aliphatic heterocycles. The summed E-state index contributed by atoms with van der Waals surface area (Å²) in [6, 6.07) is 9.71. The number of likely N-dealkylation sites (tertiary alicyclic amines) is 1. The van der Waals surface area contributed by atoms with E-state index in [0.29, 0.717) is 19.4 Å². The third-order valence-electron chi connectivity index (χ3n) is 3.43. The number of hydrogen-bond acceptors (Lipinski definition) is 3. The average Bonchev–Trinajstić information content (AvgIpc) is 2.70. The van der Waals surface area contributed by atoms with Crippen molar-refractivity contribution in [3.05, 3.63) is 35.9 Å². The number of rotatable bonds is 2. The molecule has 1 aromatic carbocycles. The van der Waals surface area contributed by atoms with E-state index in [1.54, 1.807) is 4.90 Å². The summed E-state index contributed by atoms with van der Waals surface area (Å²) in [5.41, 5.74) is 0.606. The molecule has 1 N–H and O–H groups in total. The number of benzene rings is 1. The second-order valence-corrected chi connectivity index (χ2v) is 6.29. The van der Waals surface area contributed by atoms with Crippen LogP contribution in [0, 0.1) is 0 Å². The summed E-state index contributed by atoms with van der Waals surface area (Å²) in [5, 5.41) is 10.1. The Morgan fingerprint density at radius 3 is 2.60 bits per heavy atom. The first-order chi connectivity index (χ1) is 9.37. The van der Waals surface area contributed by atoms with Crippen LogP contribution in [0.25, 0.3) is 0 Å². The van der Waals surface area contributed by atoms with Crippen molar-refractivity contribution in [2.75, 3.05) is 6.54 Å². The largest absolute Gasteiger partial charge is 0.444 e. The summed E-state index contributed by atoms with van der Waals surface area (Å²) in [5.74, 6) is 0. The SMILES string of the molecule is CC(C)(C)OC(=O)N1CCC(O)[C@@H]1Cc1ccccc1. The molecule has 20 heavy (non-hydrogen) atoms. The molecule has 1 unspecified atom stereocenters. The van der Waals surface area contributed by atoms with E-state index in [9.17, 15) is 9.90 Å². The maximum atomic E-state index is 12.2. The number of carbonyl (C=O) groups excluding carboxylic acids is 1. The van der Waals surface area contributed by atoms with Crippen molar-refractivity contribution in [3.8, 4) is 0 Å². The highest BCUT2D eigenvalue weighted by Crippen LogP contribution is 2.24. The molecular weight excluding hydrogens is 254 g/mol. The molecule has 0 saturated carbocycles. The van der Waals surface area contributed by atoms with Crippen LogP contribution in [0.4, 0.5) is 4.79 Å². The minimum atomic E-state index is -0.512. The van der Waals surface area contributed by atoms with Crippen LogP contribution in [0.3, 0.4) is 0 Å². The maximum absolute atomic E-state index is 12.2. The molecule has 0 aliphatic carbocycles. The van der Waals surface area contributed by atoms with Gasteiger partial charge in [-0.1, -0.05) is 30.3 Å². The van der Waals surface area contributed by atoms with Crippen molar-refractivity contribution < 1.29 is 14.6 Å². The molecule has 1 aliphatic rings. The normalized spacial score (nSPS) is 22.9. The summed E-state index contributed by atoms with van der Waals surface area (Å²) in [6.45, 7) is 6.10. The fourth-order valence-corrected chi connectivity index (χ4v) is 2.49. The van der Waals surface area contributed by atoms with Gasteiger partial charge in [0, 0.05) is 6.54 Å². The van der Waals surface area contributed by atoms with Crippen LogP contribution in [-0.4, -0.2) is 40.4 Å². The van der Waals surface area contributed by atoms with Gasteiger partial charge in [-0.25, -0.2) is 4.79 Å². The molecule has 4 nitrogen and oxygen atoms in total. The van der Waals surface area contributed by atoms with Gasteiger partial charge in [-0.2, -0.15) is 0 Å². The molecule has 0 radical (unpaired) electrons. The average molecular weight is 277 g/mol. The Kier molecular flexibility index (Phi) is 4.33. The van der Waals surface area contributed by atoms with Gasteiger partial charge >= 0.3 is 6.09 Å². The Balaban J connectivity index is 2.07. The van der Waals surface area contributed by atoms with Crippen molar-refractivity contribution >= 4 is 6.09 Å². The van der Waals surface area contributed by atoms with E-state index < -0.39 is 11.7 Å². The fraction of sp³-hybridized carbons (Fsp3) is 0.562. The number of aliphatic hydroxyl groups excluding tert-OH is 1. The molecule has 1 heterocycles. The molecule has 1 amide bonds. The van der Waals surface area contributed by atoms with Crippen LogP contribution in [0.1, 0.15) is 32.8 Å². The van der Waals surface area contributed by atoms with Gasteiger partial charge in [-0.3, -0.25) is 0 Å². The number of ether oxygens (including phenoxy) is 1. The monoisotopic (exact) mass is 277 g/mol. The molecule has 2 rings (SSSR count). The lowest BCUT2D eigenvalue weighted by molar-refractivity contribution is 0.0156. The van der Waals surface area contributed by atoms with E-state index in [0.717, 1.165) is 5.56 Å². The summed E-state index contributed by atoms with van der Waals surface area (Å²) < 4.78 is 5.41. The number of aliphatic hydroxyl groups is 1. The van der Waals surface area contributed by atoms with Crippen LogP contribution in [0.5, 0.6) is 0 Å². The Morgan fingerprint density at radius 1 is 1.35 bits per heavy atom. The van der Waals surface area contributed by atoms with E-state index in [2.05, 4.69) is 0 Å². The third-order valence-corrected chi connectivity index (χ3v) is 3.43. The van der Waals surface area contributed by atoms with E-state index >= 15 is 0 Å². The standard InChI is InChI=1S/C16H23NO3/c1-16(2,3)20-15(19)17-10-9-14(18)13(17)11-12-7-5-4-6-8-12/h4-8,13-14,18H,9-11H2,1-3H3/t13-,14?/m0/s1. The van der Waals surface area contributed by atoms with E-state index in [-0.39, 0.29) is 12.1 Å². The van der Waals surface area contributed by atoms with E-state index in [1.165, 1.54) is 0 Å². The molecule has 1 aromatic rings. The van der Waals surface area contributed by atoms with E-state index in [1.807, 2.05) is 51.1 Å². The lowest BCUT2D eigenvalue weighted by Gasteiger charge is -2.29. The number of hydrogen-bond donors (Lipinski definition) is 1. The first kappa shape index (κ1) is 14.9. The first-order valence-electron chi connectivity index (χ1n) is 7.08. The maximum Gasteiger partial charge on any atom is 0.410 e. The summed E-state index contributed by atoms with van der Waals surface area (Å²) in [7, 11) is 0. The van der Waals surface area contributed by atoms with Crippen molar-refractivity contribution in [3.63, 3.8) is 0 Å². The Bertz CT molecular complexity index is 453. The van der Waals surface area contributed by atoms with Crippen LogP contribution in [-0.2, 0) is 11.2 Å². The molecular formula is C16H23NO3. The van der Waals surface area contributed by atoms with Crippen LogP contribution in [0.15, 0.2) is 30.3 Å². The highest BCUT2D eigenvalue weighted by Gasteiger charge is 2.37. The van der Waals surface area contributed by atoms with Crippen LogP contribution in [0.2, 0.25) is 0 Å². The summed E-state index contributed by atoms with van der Waals surface area (Å²) >= 11 is 0. The zero-order chi connectivity index (χ0) is 14.8. The zero-order valence-electron chi connectivity index (χ0n) is 12.4. The van der Waals surface area contributed by atoms with Gasteiger partial charge in [0.2, 0.25) is 0 Å². The van der Waals surface area contributed by atoms with Crippen molar-refractivity contribution in [1.29, 1.82) is 0 Å². The number of carbonyl (C=O) groups is 1. The fourth-order valence-electron chi connectivity index (χ4n) is 2.49. The van der Waals surface area contributed by atoms with Gasteiger partial charge in [-0.05, 0) is 39.2 Å². The van der Waals surface area contributed by atoms with E-state index in [4.69, 9.17) is 4.74 Å². The van der Waals surface area contributed by atoms with Crippen molar-refractivity contribution in [1.82, 2.24) is 4.90 Å². The predicted octanol–water partition coefficient (Wildman–Crippen LogP) is 2.60. The predicted molar refractivity (Wildman–Crippen MR) is 77.5 cm³/mol. The molecule has 2 atom stereocenters. The molecule has 0 bridgehead atoms. The van der Waals surface area contributed by atoms with Crippen molar-refractivity contribution in [2.45, 2.75) is 51.4 Å². The van der Waals surface area contributed by atoms with Gasteiger partial charge in [0.05, 0.1) is 12.1 Å². The highest BCUT2D eigenvalue weighted by molar-refractivity contribution is 5.69. The highest BCUT2D eigenvalue weighted by atomic mass is 16.6. The van der Waals surface area contributed by atoms with Crippen LogP contribution >= 0.6 is 0 Å². The van der Waals surface area contributed by atoms with Gasteiger partial charge in [-0.15, -0.1) is 0 Å². The number of amides is 1. The topological polar surface area (TPSA) is 49.8 Å². The Labute approximate surface area is 120 Å². The molecule has 4 heteroatoms. The van der Waals surface area contributed by atoms with Crippen molar-refractivity contribution in [2.24, 2.45) is 0 Å². The second-order valence-electron chi connectivity index (χ2n) is 6.29. The lowest BCUT2D eigenvalue weighted by Crippen LogP contribution is -2.43. The van der Waals surface area contributed by atoms with Crippen LogP contribution < -0.4 is 0 Å². The smallest absolute Gasteiger partial charge is 0.410 e. The molecule has 1 fully saturated rings.